The number of benzene rings is 4. The van der Waals surface area contributed by atoms with Crippen molar-refractivity contribution in [2.24, 2.45) is 5.92 Å². The van der Waals surface area contributed by atoms with E-state index in [1.165, 1.54) is 32.1 Å². The predicted molar refractivity (Wildman–Crippen MR) is 182 cm³/mol. The van der Waals surface area contributed by atoms with E-state index in [1.54, 1.807) is 5.30 Å². The molecule has 1 fully saturated rings. The molecule has 43 heavy (non-hydrogen) atoms. The number of ether oxygens (including phenoxy) is 2. The summed E-state index contributed by atoms with van der Waals surface area (Å²) in [5.41, 5.74) is 1.49. The molecule has 5 heteroatoms. The summed E-state index contributed by atoms with van der Waals surface area (Å²) in [6, 6.07) is 49.5. The summed E-state index contributed by atoms with van der Waals surface area (Å²) in [7, 11) is -1.47. The molecular weight excluding hydrogens is 557 g/mol. The molecule has 0 bridgehead atoms. The van der Waals surface area contributed by atoms with Gasteiger partial charge >= 0.3 is 18.9 Å². The maximum absolute atomic E-state index is 5.87. The van der Waals surface area contributed by atoms with Crippen molar-refractivity contribution in [2.45, 2.75) is 38.9 Å². The first-order valence-electron chi connectivity index (χ1n) is 15.1. The van der Waals surface area contributed by atoms with Gasteiger partial charge < -0.3 is 9.47 Å². The molecule has 5 aromatic carbocycles. The minimum Gasteiger partial charge on any atom is -0.353 e. The third-order valence-electron chi connectivity index (χ3n) is 7.87. The van der Waals surface area contributed by atoms with E-state index < -0.39 is 15.8 Å². The van der Waals surface area contributed by atoms with Gasteiger partial charge in [-0.3, -0.25) is 0 Å². The van der Waals surface area contributed by atoms with Crippen LogP contribution in [0.5, 0.6) is 0 Å². The average Bonchev–Trinajstić information content (AvgIpc) is 3.45. The zero-order valence-corrected chi connectivity index (χ0v) is 27.1. The summed E-state index contributed by atoms with van der Waals surface area (Å²) >= 11 is 0. The fourth-order valence-electron chi connectivity index (χ4n) is 5.85. The third-order valence-corrected chi connectivity index (χ3v) is 13.1. The molecule has 0 aliphatic carbocycles. The third kappa shape index (κ3) is 8.01. The van der Waals surface area contributed by atoms with Crippen molar-refractivity contribution in [3.8, 4) is 0 Å². The van der Waals surface area contributed by atoms with Crippen LogP contribution in [0.2, 0.25) is 0 Å². The van der Waals surface area contributed by atoms with Crippen molar-refractivity contribution in [1.29, 1.82) is 0 Å². The largest absolute Gasteiger partial charge is 1.00 e. The van der Waals surface area contributed by atoms with Crippen molar-refractivity contribution >= 4 is 47.7 Å². The molecule has 1 unspecified atom stereocenters. The Morgan fingerprint density at radius 3 is 1.63 bits per heavy atom. The van der Waals surface area contributed by atoms with Crippen LogP contribution in [0.1, 0.15) is 31.7 Å². The summed E-state index contributed by atoms with van der Waals surface area (Å²) in [5, 5.41) is 8.63. The smallest absolute Gasteiger partial charge is 0.353 e. The van der Waals surface area contributed by atoms with E-state index in [9.17, 15) is 0 Å². The minimum absolute atomic E-state index is 0. The topological polar surface area (TPSA) is 18.5 Å². The maximum Gasteiger partial charge on any atom is 1.00 e. The van der Waals surface area contributed by atoms with Gasteiger partial charge in [-0.05, 0) is 48.4 Å². The van der Waals surface area contributed by atoms with Gasteiger partial charge in [-0.2, -0.15) is 11.6 Å². The summed E-state index contributed by atoms with van der Waals surface area (Å²) in [4.78, 5) is 0. The van der Waals surface area contributed by atoms with E-state index in [0.717, 1.165) is 38.9 Å². The van der Waals surface area contributed by atoms with Crippen LogP contribution in [0.25, 0.3) is 0 Å². The van der Waals surface area contributed by atoms with Gasteiger partial charge in [0.1, 0.15) is 0 Å². The molecule has 6 rings (SSSR count). The van der Waals surface area contributed by atoms with E-state index in [0.29, 0.717) is 5.92 Å². The SMILES string of the molecule is CC(CCC1OCCCO1)Cc1cc[c-](P(c2ccccc2)c2ccccc2)c1P(c1ccccc1)c1ccccc1.[Li+]. The molecule has 0 amide bonds. The predicted octanol–water partition coefficient (Wildman–Crippen LogP) is 3.65. The van der Waals surface area contributed by atoms with Gasteiger partial charge in [0.2, 0.25) is 0 Å². The Morgan fingerprint density at radius 2 is 1.14 bits per heavy atom. The van der Waals surface area contributed by atoms with Crippen LogP contribution in [0, 0.1) is 5.92 Å². The second-order valence-electron chi connectivity index (χ2n) is 11.0. The van der Waals surface area contributed by atoms with E-state index in [4.69, 9.17) is 9.47 Å². The van der Waals surface area contributed by atoms with E-state index in [-0.39, 0.29) is 25.2 Å². The summed E-state index contributed by atoms with van der Waals surface area (Å²) in [6.07, 6.45) is 4.04. The van der Waals surface area contributed by atoms with Gasteiger partial charge in [-0.1, -0.05) is 149 Å². The van der Waals surface area contributed by atoms with Gasteiger partial charge in [0, 0.05) is 0 Å². The molecule has 1 saturated heterocycles. The number of hydrogen-bond donors (Lipinski definition) is 0. The Balaban J connectivity index is 0.00000368. The average molecular weight is 597 g/mol. The van der Waals surface area contributed by atoms with Gasteiger partial charge in [-0.25, -0.2) is 6.07 Å². The van der Waals surface area contributed by atoms with Crippen molar-refractivity contribution in [1.82, 2.24) is 0 Å². The van der Waals surface area contributed by atoms with Crippen LogP contribution in [-0.4, -0.2) is 19.5 Å². The maximum atomic E-state index is 5.87. The Morgan fingerprint density at radius 1 is 0.674 bits per heavy atom. The van der Waals surface area contributed by atoms with Gasteiger partial charge in [0.25, 0.3) is 0 Å². The zero-order chi connectivity index (χ0) is 28.6. The van der Waals surface area contributed by atoms with Crippen molar-refractivity contribution in [2.75, 3.05) is 13.2 Å². The van der Waals surface area contributed by atoms with Gasteiger partial charge in [0.15, 0.2) is 6.29 Å². The quantitative estimate of drug-likeness (QED) is 0.132. The normalized spacial score (nSPS) is 14.5. The summed E-state index contributed by atoms with van der Waals surface area (Å²) in [5.74, 6) is 0.524. The fourth-order valence-corrected chi connectivity index (χ4v) is 11.3. The first kappa shape index (κ1) is 32.0. The number of rotatable bonds is 11. The summed E-state index contributed by atoms with van der Waals surface area (Å²) < 4.78 is 11.7. The van der Waals surface area contributed by atoms with Gasteiger partial charge in [0.05, 0.1) is 13.2 Å². The van der Waals surface area contributed by atoms with E-state index >= 15 is 0 Å². The second kappa shape index (κ2) is 16.1. The van der Waals surface area contributed by atoms with Crippen molar-refractivity contribution in [3.05, 3.63) is 139 Å². The zero-order valence-electron chi connectivity index (χ0n) is 25.3. The van der Waals surface area contributed by atoms with Crippen LogP contribution in [0.15, 0.2) is 133 Å². The second-order valence-corrected chi connectivity index (χ2v) is 15.4. The standard InChI is InChI=1S/C38H39O2P2.Li/c1-30(23-26-37-39-27-14-28-40-37)29-31-24-25-36(41(32-15-6-2-7-16-32)33-17-8-3-9-18-33)38(31)42(34-19-10-4-11-20-34)35-21-12-5-13-22-35;/h2-13,15-22,24-25,30,37H,14,23,26-29H2,1H3;/q-1;+1. The van der Waals surface area contributed by atoms with Gasteiger partial charge in [-0.15, -0.1) is 10.6 Å². The monoisotopic (exact) mass is 596 g/mol. The van der Waals surface area contributed by atoms with Crippen LogP contribution in [-0.2, 0) is 15.9 Å². The van der Waals surface area contributed by atoms with Crippen LogP contribution >= 0.6 is 15.8 Å². The Labute approximate surface area is 271 Å². The van der Waals surface area contributed by atoms with Crippen LogP contribution in [0.3, 0.4) is 0 Å². The minimum atomic E-state index is -0.749. The first-order valence-corrected chi connectivity index (χ1v) is 17.8. The Hall–Kier alpha value is -2.39. The molecule has 1 aliphatic heterocycles. The molecule has 1 heterocycles. The Kier molecular flexibility index (Phi) is 12.0. The molecular formula is C38H39LiO2P2. The van der Waals surface area contributed by atoms with Crippen LogP contribution < -0.4 is 50.7 Å². The van der Waals surface area contributed by atoms with Crippen LogP contribution in [0.4, 0.5) is 0 Å². The van der Waals surface area contributed by atoms with E-state index in [2.05, 4.69) is 140 Å². The Bertz CT molecular complexity index is 1420. The summed E-state index contributed by atoms with van der Waals surface area (Å²) in [6.45, 7) is 4.02. The van der Waals surface area contributed by atoms with E-state index in [1.807, 2.05) is 0 Å². The molecule has 0 saturated carbocycles. The molecule has 0 N–H and O–H groups in total. The molecule has 0 aromatic heterocycles. The molecule has 2 nitrogen and oxygen atoms in total. The fraction of sp³-hybridized carbons (Fsp3) is 0.237. The first-order chi connectivity index (χ1) is 20.8. The molecule has 0 radical (unpaired) electrons. The molecule has 1 atom stereocenters. The molecule has 0 spiro atoms. The van der Waals surface area contributed by atoms with Crippen molar-refractivity contribution in [3.63, 3.8) is 0 Å². The van der Waals surface area contributed by atoms with Crippen molar-refractivity contribution < 1.29 is 28.3 Å². The molecule has 1 aliphatic rings. The molecule has 214 valence electrons. The number of hydrogen-bond acceptors (Lipinski definition) is 2. The molecule has 5 aromatic rings.